The molecule has 3 nitrogen and oxygen atoms in total. The fourth-order valence-electron chi connectivity index (χ4n) is 2.16. The Balaban J connectivity index is 2.54. The highest BCUT2D eigenvalue weighted by Gasteiger charge is 2.12. The zero-order chi connectivity index (χ0) is 12.6. The molecule has 0 aliphatic rings. The average molecular weight is 252 g/mol. The fraction of sp³-hybridized carbons (Fsp3) is 0.308. The number of carbonyl (C=O) groups is 1. The van der Waals surface area contributed by atoms with E-state index in [9.17, 15) is 4.79 Å². The molecule has 0 aliphatic heterocycles. The van der Waals surface area contributed by atoms with E-state index < -0.39 is 5.97 Å². The molecule has 1 aromatic carbocycles. The number of aliphatic carboxylic acids is 1. The van der Waals surface area contributed by atoms with Crippen LogP contribution in [-0.2, 0) is 18.3 Å². The van der Waals surface area contributed by atoms with Gasteiger partial charge in [-0.05, 0) is 31.0 Å². The van der Waals surface area contributed by atoms with Crippen LogP contribution in [-0.4, -0.2) is 15.6 Å². The van der Waals surface area contributed by atoms with Gasteiger partial charge in [0.05, 0.1) is 0 Å². The van der Waals surface area contributed by atoms with Crippen molar-refractivity contribution in [2.45, 2.75) is 19.8 Å². The molecule has 0 radical (unpaired) electrons. The number of aromatic nitrogens is 1. The number of carboxylic acids is 1. The lowest BCUT2D eigenvalue weighted by Crippen LogP contribution is -1.99. The highest BCUT2D eigenvalue weighted by molar-refractivity contribution is 6.31. The molecule has 0 unspecified atom stereocenters. The lowest BCUT2D eigenvalue weighted by Gasteiger charge is -2.00. The maximum absolute atomic E-state index is 10.7. The second-order valence-electron chi connectivity index (χ2n) is 4.18. The number of carboxylic acid groups (broad SMARTS) is 1. The molecule has 90 valence electrons. The van der Waals surface area contributed by atoms with Crippen LogP contribution >= 0.6 is 11.6 Å². The summed E-state index contributed by atoms with van der Waals surface area (Å²) in [4.78, 5) is 10.7. The van der Waals surface area contributed by atoms with Crippen LogP contribution in [0.3, 0.4) is 0 Å². The van der Waals surface area contributed by atoms with Gasteiger partial charge in [-0.15, -0.1) is 0 Å². The molecule has 1 N–H and O–H groups in total. The van der Waals surface area contributed by atoms with Gasteiger partial charge in [-0.25, -0.2) is 0 Å². The lowest BCUT2D eigenvalue weighted by molar-refractivity contribution is -0.136. The lowest BCUT2D eigenvalue weighted by atomic mass is 10.1. The van der Waals surface area contributed by atoms with Crippen molar-refractivity contribution in [3.05, 3.63) is 34.5 Å². The first kappa shape index (κ1) is 12.0. The zero-order valence-electron chi connectivity index (χ0n) is 9.83. The summed E-state index contributed by atoms with van der Waals surface area (Å²) >= 11 is 5.97. The minimum absolute atomic E-state index is 0.155. The van der Waals surface area contributed by atoms with Crippen molar-refractivity contribution in [1.29, 1.82) is 0 Å². The topological polar surface area (TPSA) is 42.2 Å². The molecule has 0 fully saturated rings. The molecule has 0 spiro atoms. The Morgan fingerprint density at radius 3 is 2.82 bits per heavy atom. The molecule has 0 amide bonds. The van der Waals surface area contributed by atoms with Gasteiger partial charge in [0.1, 0.15) is 0 Å². The molecule has 0 saturated heterocycles. The molecule has 0 bridgehead atoms. The predicted molar refractivity (Wildman–Crippen MR) is 68.6 cm³/mol. The van der Waals surface area contributed by atoms with Gasteiger partial charge in [0.25, 0.3) is 0 Å². The highest BCUT2D eigenvalue weighted by Crippen LogP contribution is 2.28. The zero-order valence-corrected chi connectivity index (χ0v) is 10.6. The maximum atomic E-state index is 10.7. The number of halogens is 1. The van der Waals surface area contributed by atoms with Crippen LogP contribution in [0.4, 0.5) is 0 Å². The van der Waals surface area contributed by atoms with E-state index in [-0.39, 0.29) is 6.42 Å². The van der Waals surface area contributed by atoms with Crippen molar-refractivity contribution in [3.8, 4) is 0 Å². The summed E-state index contributed by atoms with van der Waals surface area (Å²) in [7, 11) is 1.97. The van der Waals surface area contributed by atoms with Crippen molar-refractivity contribution in [2.24, 2.45) is 7.05 Å². The average Bonchev–Trinajstić information content (AvgIpc) is 2.50. The van der Waals surface area contributed by atoms with Crippen LogP contribution < -0.4 is 0 Å². The summed E-state index contributed by atoms with van der Waals surface area (Å²) in [6, 6.07) is 5.71. The molecule has 2 rings (SSSR count). The van der Waals surface area contributed by atoms with Crippen LogP contribution in [0.1, 0.15) is 17.7 Å². The molecule has 0 atom stereocenters. The van der Waals surface area contributed by atoms with E-state index >= 15 is 0 Å². The molecule has 17 heavy (non-hydrogen) atoms. The standard InChI is InChI=1S/C13H14ClNO2/c1-8-10(5-6-13(16)17)11-4-3-9(14)7-12(11)15(8)2/h3-4,7H,5-6H2,1-2H3,(H,16,17). The number of benzene rings is 1. The molecule has 1 heterocycles. The van der Waals surface area contributed by atoms with E-state index in [1.54, 1.807) is 0 Å². The Bertz CT molecular complexity index is 587. The Kier molecular flexibility index (Phi) is 3.11. The molecular formula is C13H14ClNO2. The molecule has 0 saturated carbocycles. The third-order valence-electron chi connectivity index (χ3n) is 3.17. The second kappa shape index (κ2) is 4.41. The Morgan fingerprint density at radius 2 is 2.18 bits per heavy atom. The summed E-state index contributed by atoms with van der Waals surface area (Å²) < 4.78 is 2.05. The molecule has 0 aliphatic carbocycles. The van der Waals surface area contributed by atoms with Crippen LogP contribution in [0.5, 0.6) is 0 Å². The Labute approximate surface area is 105 Å². The first-order valence-corrected chi connectivity index (χ1v) is 5.83. The quantitative estimate of drug-likeness (QED) is 0.911. The van der Waals surface area contributed by atoms with E-state index in [0.717, 1.165) is 22.2 Å². The smallest absolute Gasteiger partial charge is 0.303 e. The van der Waals surface area contributed by atoms with E-state index in [2.05, 4.69) is 4.57 Å². The predicted octanol–water partition coefficient (Wildman–Crippen LogP) is 3.16. The van der Waals surface area contributed by atoms with Crippen molar-refractivity contribution >= 4 is 28.5 Å². The summed E-state index contributed by atoms with van der Waals surface area (Å²) in [5.41, 5.74) is 3.25. The summed E-state index contributed by atoms with van der Waals surface area (Å²) in [5.74, 6) is -0.768. The Hall–Kier alpha value is -1.48. The maximum Gasteiger partial charge on any atom is 0.303 e. The van der Waals surface area contributed by atoms with E-state index in [0.29, 0.717) is 11.4 Å². The van der Waals surface area contributed by atoms with Gasteiger partial charge in [-0.1, -0.05) is 17.7 Å². The number of hydrogen-bond donors (Lipinski definition) is 1. The number of rotatable bonds is 3. The third kappa shape index (κ3) is 2.15. The van der Waals surface area contributed by atoms with Gasteiger partial charge >= 0.3 is 5.97 Å². The molecular weight excluding hydrogens is 238 g/mol. The normalized spacial score (nSPS) is 11.0. The van der Waals surface area contributed by atoms with E-state index in [4.69, 9.17) is 16.7 Å². The van der Waals surface area contributed by atoms with Crippen LogP contribution in [0, 0.1) is 6.92 Å². The largest absolute Gasteiger partial charge is 0.481 e. The second-order valence-corrected chi connectivity index (χ2v) is 4.61. The summed E-state index contributed by atoms with van der Waals surface area (Å²) in [5, 5.41) is 10.6. The van der Waals surface area contributed by atoms with Crippen molar-refractivity contribution in [2.75, 3.05) is 0 Å². The number of aryl methyl sites for hydroxylation is 2. The Morgan fingerprint density at radius 1 is 1.47 bits per heavy atom. The van der Waals surface area contributed by atoms with Crippen molar-refractivity contribution in [3.63, 3.8) is 0 Å². The van der Waals surface area contributed by atoms with Crippen LogP contribution in [0.15, 0.2) is 18.2 Å². The number of hydrogen-bond acceptors (Lipinski definition) is 1. The van der Waals surface area contributed by atoms with Crippen molar-refractivity contribution in [1.82, 2.24) is 4.57 Å². The van der Waals surface area contributed by atoms with Gasteiger partial charge in [0.15, 0.2) is 0 Å². The van der Waals surface area contributed by atoms with Crippen molar-refractivity contribution < 1.29 is 9.90 Å². The summed E-state index contributed by atoms with van der Waals surface area (Å²) in [6.07, 6.45) is 0.711. The summed E-state index contributed by atoms with van der Waals surface area (Å²) in [6.45, 7) is 2.01. The van der Waals surface area contributed by atoms with Gasteiger partial charge in [0, 0.05) is 35.1 Å². The first-order valence-electron chi connectivity index (χ1n) is 5.46. The minimum Gasteiger partial charge on any atom is -0.481 e. The number of fused-ring (bicyclic) bond motifs is 1. The first-order chi connectivity index (χ1) is 8.00. The van der Waals surface area contributed by atoms with Gasteiger partial charge in [0.2, 0.25) is 0 Å². The van der Waals surface area contributed by atoms with Gasteiger partial charge in [-0.3, -0.25) is 4.79 Å². The van der Waals surface area contributed by atoms with E-state index in [1.807, 2.05) is 32.2 Å². The fourth-order valence-corrected chi connectivity index (χ4v) is 2.33. The third-order valence-corrected chi connectivity index (χ3v) is 3.41. The van der Waals surface area contributed by atoms with E-state index in [1.165, 1.54) is 0 Å². The minimum atomic E-state index is -0.768. The van der Waals surface area contributed by atoms with Gasteiger partial charge < -0.3 is 9.67 Å². The van der Waals surface area contributed by atoms with Crippen LogP contribution in [0.25, 0.3) is 10.9 Å². The SMILES string of the molecule is Cc1c(CCC(=O)O)c2ccc(Cl)cc2n1C. The molecule has 4 heteroatoms. The highest BCUT2D eigenvalue weighted by atomic mass is 35.5. The molecule has 1 aromatic heterocycles. The number of nitrogens with zero attached hydrogens (tertiary/aromatic N) is 1. The van der Waals surface area contributed by atoms with Crippen LogP contribution in [0.2, 0.25) is 5.02 Å². The monoisotopic (exact) mass is 251 g/mol. The van der Waals surface area contributed by atoms with Gasteiger partial charge in [-0.2, -0.15) is 0 Å². The molecule has 2 aromatic rings.